The Labute approximate surface area is 214 Å². The summed E-state index contributed by atoms with van der Waals surface area (Å²) in [6.45, 7) is 0. The minimum atomic E-state index is -0.121. The average Bonchev–Trinajstić information content (AvgIpc) is 3.34. The van der Waals surface area contributed by atoms with Gasteiger partial charge in [-0.05, 0) is 57.3 Å². The lowest BCUT2D eigenvalue weighted by molar-refractivity contribution is -0.114. The summed E-state index contributed by atoms with van der Waals surface area (Å²) in [5.41, 5.74) is 1.52. The van der Waals surface area contributed by atoms with E-state index in [1.165, 1.54) is 35.1 Å². The summed E-state index contributed by atoms with van der Waals surface area (Å²) in [4.78, 5) is 29.1. The van der Waals surface area contributed by atoms with E-state index in [-0.39, 0.29) is 23.3 Å². The molecule has 5 rings (SSSR count). The number of anilines is 2. The highest BCUT2D eigenvalue weighted by molar-refractivity contribution is 8.02. The highest BCUT2D eigenvalue weighted by Crippen LogP contribution is 2.26. The minimum absolute atomic E-state index is 0.107. The van der Waals surface area contributed by atoms with Gasteiger partial charge in [-0.3, -0.25) is 9.59 Å². The number of nitrogens with one attached hydrogen (secondary N) is 2. The third-order valence-electron chi connectivity index (χ3n) is 5.11. The molecule has 0 saturated carbocycles. The Bertz CT molecular complexity index is 1410. The third kappa shape index (κ3) is 6.19. The van der Waals surface area contributed by atoms with Gasteiger partial charge in [-0.15, -0.1) is 0 Å². The van der Waals surface area contributed by atoms with Crippen molar-refractivity contribution in [3.8, 4) is 0 Å². The van der Waals surface area contributed by atoms with E-state index in [1.54, 1.807) is 0 Å². The maximum Gasteiger partial charge on any atom is 0.234 e. The number of thioether (sulfide) groups is 2. The predicted molar refractivity (Wildman–Crippen MR) is 147 cm³/mol. The van der Waals surface area contributed by atoms with Crippen molar-refractivity contribution < 1.29 is 9.59 Å². The molecule has 6 nitrogen and oxygen atoms in total. The Morgan fingerprint density at radius 1 is 0.686 bits per heavy atom. The van der Waals surface area contributed by atoms with Crippen LogP contribution >= 0.6 is 35.1 Å². The first kappa shape index (κ1) is 23.3. The largest absolute Gasteiger partial charge is 0.325 e. The van der Waals surface area contributed by atoms with Crippen LogP contribution in [0.2, 0.25) is 0 Å². The molecule has 0 unspecified atom stereocenters. The molecule has 5 aromatic rings. The van der Waals surface area contributed by atoms with Crippen LogP contribution in [0.25, 0.3) is 21.5 Å². The van der Waals surface area contributed by atoms with Crippen molar-refractivity contribution >= 4 is 79.8 Å². The topological polar surface area (TPSA) is 84.0 Å². The Morgan fingerprint density at radius 2 is 1.20 bits per heavy atom. The molecule has 0 spiro atoms. The summed E-state index contributed by atoms with van der Waals surface area (Å²) in [6.07, 6.45) is 0. The van der Waals surface area contributed by atoms with E-state index in [9.17, 15) is 9.59 Å². The number of amides is 2. The van der Waals surface area contributed by atoms with Crippen molar-refractivity contribution in [2.45, 2.75) is 9.50 Å². The summed E-state index contributed by atoms with van der Waals surface area (Å²) in [6, 6.07) is 27.7. The Balaban J connectivity index is 1.08. The number of hydrogen-bond acceptors (Lipinski definition) is 7. The standard InChI is InChI=1S/C26H20N4O2S3/c31-23(27-21-11-9-17-5-1-3-7-19(17)13-21)15-33-25-29-26(35-30-25)34-16-24(32)28-22-12-10-18-6-2-4-8-20(18)14-22/h1-14H,15-16H2,(H,27,31)(H,28,32). The maximum absolute atomic E-state index is 12.4. The number of hydrogen-bond donors (Lipinski definition) is 2. The first-order valence-electron chi connectivity index (χ1n) is 10.8. The smallest absolute Gasteiger partial charge is 0.234 e. The van der Waals surface area contributed by atoms with Crippen molar-refractivity contribution in [1.29, 1.82) is 0 Å². The fraction of sp³-hybridized carbons (Fsp3) is 0.0769. The lowest BCUT2D eigenvalue weighted by Gasteiger charge is -2.06. The van der Waals surface area contributed by atoms with Crippen molar-refractivity contribution in [2.75, 3.05) is 22.1 Å². The number of aromatic nitrogens is 2. The van der Waals surface area contributed by atoms with E-state index in [2.05, 4.69) is 20.0 Å². The maximum atomic E-state index is 12.4. The van der Waals surface area contributed by atoms with Gasteiger partial charge in [-0.1, -0.05) is 84.2 Å². The molecule has 0 aliphatic heterocycles. The summed E-state index contributed by atoms with van der Waals surface area (Å²) >= 11 is 3.83. The van der Waals surface area contributed by atoms with Crippen LogP contribution < -0.4 is 10.6 Å². The first-order chi connectivity index (χ1) is 17.1. The highest BCUT2D eigenvalue weighted by atomic mass is 32.2. The molecule has 2 amide bonds. The number of fused-ring (bicyclic) bond motifs is 2. The van der Waals surface area contributed by atoms with Crippen molar-refractivity contribution in [2.24, 2.45) is 0 Å². The number of rotatable bonds is 8. The quantitative estimate of drug-likeness (QED) is 0.235. The number of benzene rings is 4. The molecule has 0 fully saturated rings. The van der Waals surface area contributed by atoms with Crippen LogP contribution in [-0.2, 0) is 9.59 Å². The van der Waals surface area contributed by atoms with Gasteiger partial charge in [0.2, 0.25) is 17.0 Å². The molecule has 35 heavy (non-hydrogen) atoms. The van der Waals surface area contributed by atoms with E-state index < -0.39 is 0 Å². The zero-order valence-electron chi connectivity index (χ0n) is 18.4. The monoisotopic (exact) mass is 516 g/mol. The number of nitrogens with zero attached hydrogens (tertiary/aromatic N) is 2. The van der Waals surface area contributed by atoms with Gasteiger partial charge in [0.25, 0.3) is 0 Å². The minimum Gasteiger partial charge on any atom is -0.325 e. The fourth-order valence-corrected chi connectivity index (χ4v) is 5.73. The van der Waals surface area contributed by atoms with Crippen molar-refractivity contribution in [3.63, 3.8) is 0 Å². The van der Waals surface area contributed by atoms with E-state index in [0.717, 1.165) is 32.9 Å². The zero-order valence-corrected chi connectivity index (χ0v) is 20.9. The second-order valence-electron chi connectivity index (χ2n) is 7.64. The van der Waals surface area contributed by atoms with Crippen LogP contribution in [0.1, 0.15) is 0 Å². The molecule has 0 aliphatic rings. The molecule has 9 heteroatoms. The van der Waals surface area contributed by atoms with Crippen LogP contribution in [-0.4, -0.2) is 32.7 Å². The van der Waals surface area contributed by atoms with Gasteiger partial charge in [0.05, 0.1) is 11.5 Å². The molecule has 174 valence electrons. The van der Waals surface area contributed by atoms with Crippen LogP contribution in [0.4, 0.5) is 11.4 Å². The molecule has 0 aliphatic carbocycles. The van der Waals surface area contributed by atoms with Crippen LogP contribution in [0.5, 0.6) is 0 Å². The molecule has 0 saturated heterocycles. The molecule has 2 N–H and O–H groups in total. The molecule has 0 atom stereocenters. The van der Waals surface area contributed by atoms with E-state index >= 15 is 0 Å². The van der Waals surface area contributed by atoms with Gasteiger partial charge >= 0.3 is 0 Å². The molecular weight excluding hydrogens is 497 g/mol. The lowest BCUT2D eigenvalue weighted by Crippen LogP contribution is -2.14. The SMILES string of the molecule is O=C(CSc1nsc(SCC(=O)Nc2ccc3ccccc3c2)n1)Nc1ccc2ccccc2c1. The second kappa shape index (κ2) is 10.9. The van der Waals surface area contributed by atoms with E-state index in [0.29, 0.717) is 9.50 Å². The summed E-state index contributed by atoms with van der Waals surface area (Å²) in [5.74, 6) is 0.207. The Kier molecular flexibility index (Phi) is 7.27. The molecule has 1 heterocycles. The fourth-order valence-electron chi connectivity index (χ4n) is 3.50. The Morgan fingerprint density at radius 3 is 1.77 bits per heavy atom. The molecular formula is C26H20N4O2S3. The average molecular weight is 517 g/mol. The number of carbonyl (C=O) groups is 2. The van der Waals surface area contributed by atoms with Gasteiger partial charge in [0, 0.05) is 11.4 Å². The van der Waals surface area contributed by atoms with Gasteiger partial charge < -0.3 is 10.6 Å². The Hall–Kier alpha value is -3.40. The first-order valence-corrected chi connectivity index (χ1v) is 13.5. The molecule has 0 radical (unpaired) electrons. The van der Waals surface area contributed by atoms with Gasteiger partial charge in [-0.2, -0.15) is 4.37 Å². The molecule has 4 aromatic carbocycles. The van der Waals surface area contributed by atoms with Crippen LogP contribution in [0.15, 0.2) is 94.4 Å². The van der Waals surface area contributed by atoms with Gasteiger partial charge in [0.15, 0.2) is 4.34 Å². The molecule has 1 aromatic heterocycles. The number of carbonyl (C=O) groups excluding carboxylic acids is 2. The summed E-state index contributed by atoms with van der Waals surface area (Å²) in [7, 11) is 0. The lowest BCUT2D eigenvalue weighted by atomic mass is 10.1. The van der Waals surface area contributed by atoms with Crippen molar-refractivity contribution in [3.05, 3.63) is 84.9 Å². The highest BCUT2D eigenvalue weighted by Gasteiger charge is 2.11. The van der Waals surface area contributed by atoms with E-state index in [4.69, 9.17) is 0 Å². The normalized spacial score (nSPS) is 11.0. The van der Waals surface area contributed by atoms with Gasteiger partial charge in [0.1, 0.15) is 0 Å². The third-order valence-corrected chi connectivity index (χ3v) is 7.91. The summed E-state index contributed by atoms with van der Waals surface area (Å²) < 4.78 is 4.98. The van der Waals surface area contributed by atoms with E-state index in [1.807, 2.05) is 84.9 Å². The summed E-state index contributed by atoms with van der Waals surface area (Å²) in [5, 5.41) is 10.8. The second-order valence-corrected chi connectivity index (χ2v) is 10.6. The van der Waals surface area contributed by atoms with Crippen molar-refractivity contribution in [1.82, 2.24) is 9.36 Å². The zero-order chi connectivity index (χ0) is 24.0. The van der Waals surface area contributed by atoms with Gasteiger partial charge in [-0.25, -0.2) is 4.98 Å². The van der Waals surface area contributed by atoms with Crippen LogP contribution in [0, 0.1) is 0 Å². The molecule has 0 bridgehead atoms. The predicted octanol–water partition coefficient (Wildman–Crippen LogP) is 6.31. The van der Waals surface area contributed by atoms with Crippen LogP contribution in [0.3, 0.4) is 0 Å².